The van der Waals surface area contributed by atoms with Gasteiger partial charge in [0.05, 0.1) is 33.6 Å². The van der Waals surface area contributed by atoms with Crippen LogP contribution < -0.4 is 16.6 Å². The zero-order valence-electron chi connectivity index (χ0n) is 18.2. The number of rotatable bonds is 6. The van der Waals surface area contributed by atoms with Crippen LogP contribution >= 0.6 is 11.8 Å². The molecule has 4 rings (SSSR count). The lowest BCUT2D eigenvalue weighted by Gasteiger charge is -2.15. The summed E-state index contributed by atoms with van der Waals surface area (Å²) in [6.07, 6.45) is 0. The van der Waals surface area contributed by atoms with Crippen LogP contribution in [0.15, 0.2) is 76.7 Å². The van der Waals surface area contributed by atoms with Gasteiger partial charge in [-0.1, -0.05) is 53.7 Å². The van der Waals surface area contributed by atoms with Crippen molar-refractivity contribution in [1.29, 1.82) is 0 Å². The highest BCUT2D eigenvalue weighted by Crippen LogP contribution is 2.24. The second-order valence-electron chi connectivity index (χ2n) is 7.59. The molecule has 0 radical (unpaired) electrons. The number of amides is 2. The summed E-state index contributed by atoms with van der Waals surface area (Å²) in [5.74, 6) is -0.982. The van der Waals surface area contributed by atoms with Crippen LogP contribution in [0.5, 0.6) is 0 Å². The van der Waals surface area contributed by atoms with Gasteiger partial charge in [-0.05, 0) is 49.7 Å². The first kappa shape index (κ1) is 22.3. The summed E-state index contributed by atoms with van der Waals surface area (Å²) in [4.78, 5) is 42.4. The molecule has 0 spiro atoms. The van der Waals surface area contributed by atoms with Gasteiger partial charge in [0.2, 0.25) is 5.91 Å². The Bertz CT molecular complexity index is 1450. The summed E-state index contributed by atoms with van der Waals surface area (Å²) < 4.78 is 1.55. The van der Waals surface area contributed by atoms with E-state index in [2.05, 4.69) is 10.3 Å². The lowest BCUT2D eigenvalue weighted by molar-refractivity contribution is -0.113. The number of nitrogens with one attached hydrogen (secondary N) is 1. The molecule has 0 saturated heterocycles. The highest BCUT2D eigenvalue weighted by atomic mass is 32.2. The Labute approximate surface area is 194 Å². The van der Waals surface area contributed by atoms with Gasteiger partial charge in [-0.25, -0.2) is 4.98 Å². The lowest BCUT2D eigenvalue weighted by Crippen LogP contribution is -2.24. The molecular weight excluding hydrogens is 436 g/mol. The Balaban J connectivity index is 1.70. The van der Waals surface area contributed by atoms with Crippen molar-refractivity contribution in [1.82, 2.24) is 9.55 Å². The quantitative estimate of drug-likeness (QED) is 0.337. The average Bonchev–Trinajstić information content (AvgIpc) is 2.79. The monoisotopic (exact) mass is 458 g/mol. The van der Waals surface area contributed by atoms with Crippen molar-refractivity contribution in [2.75, 3.05) is 11.1 Å². The summed E-state index contributed by atoms with van der Waals surface area (Å²) in [5.41, 5.74) is 9.05. The van der Waals surface area contributed by atoms with Gasteiger partial charge in [0, 0.05) is 0 Å². The molecule has 8 heteroatoms. The standard InChI is InChI=1S/C25H22N4O3S/c1-15-11-12-21(16(2)13-15)29-24(32)18-8-4-6-10-20(18)28-25(29)33-14-22(30)27-19-9-5-3-7-17(19)23(26)31/h3-13H,14H2,1-2H3,(H2,26,31)(H,27,30). The minimum atomic E-state index is -0.626. The van der Waals surface area contributed by atoms with Crippen molar-refractivity contribution in [3.63, 3.8) is 0 Å². The number of hydrogen-bond acceptors (Lipinski definition) is 5. The number of anilines is 1. The first-order valence-corrected chi connectivity index (χ1v) is 11.2. The normalized spacial score (nSPS) is 10.8. The molecule has 0 aliphatic rings. The third kappa shape index (κ3) is 4.65. The zero-order chi connectivity index (χ0) is 23.5. The summed E-state index contributed by atoms with van der Waals surface area (Å²) in [6, 6.07) is 19.5. The predicted molar refractivity (Wildman–Crippen MR) is 131 cm³/mol. The molecule has 0 bridgehead atoms. The number of benzene rings is 3. The number of thioether (sulfide) groups is 1. The van der Waals surface area contributed by atoms with Crippen molar-refractivity contribution in [3.8, 4) is 5.69 Å². The SMILES string of the molecule is Cc1ccc(-n2c(SCC(=O)Nc3ccccc3C(N)=O)nc3ccccc3c2=O)c(C)c1. The summed E-state index contributed by atoms with van der Waals surface area (Å²) in [6.45, 7) is 3.92. The third-order valence-electron chi connectivity index (χ3n) is 5.14. The van der Waals surface area contributed by atoms with Crippen molar-refractivity contribution in [2.24, 2.45) is 5.73 Å². The maximum atomic E-state index is 13.4. The van der Waals surface area contributed by atoms with E-state index in [1.807, 2.05) is 38.1 Å². The van der Waals surface area contributed by atoms with E-state index in [9.17, 15) is 14.4 Å². The first-order valence-electron chi connectivity index (χ1n) is 10.3. The van der Waals surface area contributed by atoms with Crippen molar-refractivity contribution < 1.29 is 9.59 Å². The lowest BCUT2D eigenvalue weighted by atomic mass is 10.1. The van der Waals surface area contributed by atoms with Crippen molar-refractivity contribution in [3.05, 3.63) is 93.8 Å². The van der Waals surface area contributed by atoms with Crippen LogP contribution in [0.25, 0.3) is 16.6 Å². The summed E-state index contributed by atoms with van der Waals surface area (Å²) in [7, 11) is 0. The molecule has 3 aromatic carbocycles. The number of hydrogen-bond donors (Lipinski definition) is 2. The Morgan fingerprint density at radius 2 is 1.76 bits per heavy atom. The van der Waals surface area contributed by atoms with Gasteiger partial charge < -0.3 is 11.1 Å². The number of carbonyl (C=O) groups is 2. The van der Waals surface area contributed by atoms with Gasteiger partial charge >= 0.3 is 0 Å². The van der Waals surface area contributed by atoms with E-state index in [1.54, 1.807) is 47.0 Å². The average molecular weight is 459 g/mol. The number of nitrogens with zero attached hydrogens (tertiary/aromatic N) is 2. The predicted octanol–water partition coefficient (Wildman–Crippen LogP) is 3.83. The van der Waals surface area contributed by atoms with Gasteiger partial charge in [-0.15, -0.1) is 0 Å². The largest absolute Gasteiger partial charge is 0.366 e. The molecule has 0 unspecified atom stereocenters. The van der Waals surface area contributed by atoms with Crippen molar-refractivity contribution in [2.45, 2.75) is 19.0 Å². The second-order valence-corrected chi connectivity index (χ2v) is 8.53. The van der Waals surface area contributed by atoms with Gasteiger partial charge in [-0.2, -0.15) is 0 Å². The second kappa shape index (κ2) is 9.30. The molecule has 0 aliphatic carbocycles. The van der Waals surface area contributed by atoms with Crippen LogP contribution in [-0.4, -0.2) is 27.1 Å². The summed E-state index contributed by atoms with van der Waals surface area (Å²) in [5, 5.41) is 3.62. The zero-order valence-corrected chi connectivity index (χ0v) is 19.0. The molecule has 1 heterocycles. The van der Waals surface area contributed by atoms with Crippen LogP contribution in [0.2, 0.25) is 0 Å². The fourth-order valence-electron chi connectivity index (χ4n) is 3.60. The Hall–Kier alpha value is -3.91. The fraction of sp³-hybridized carbons (Fsp3) is 0.120. The van der Waals surface area contributed by atoms with Crippen LogP contribution in [0.1, 0.15) is 21.5 Å². The van der Waals surface area contributed by atoms with E-state index < -0.39 is 5.91 Å². The van der Waals surface area contributed by atoms with Crippen LogP contribution in [0, 0.1) is 13.8 Å². The third-order valence-corrected chi connectivity index (χ3v) is 6.08. The molecule has 3 N–H and O–H groups in total. The van der Waals surface area contributed by atoms with E-state index in [0.29, 0.717) is 27.4 Å². The minimum absolute atomic E-state index is 0.0111. The Morgan fingerprint density at radius 3 is 2.52 bits per heavy atom. The first-order chi connectivity index (χ1) is 15.8. The van der Waals surface area contributed by atoms with E-state index in [1.165, 1.54) is 0 Å². The van der Waals surface area contributed by atoms with Gasteiger partial charge in [-0.3, -0.25) is 19.0 Å². The Morgan fingerprint density at radius 1 is 1.03 bits per heavy atom. The molecular formula is C25H22N4O3S. The van der Waals surface area contributed by atoms with Crippen molar-refractivity contribution >= 4 is 40.2 Å². The maximum Gasteiger partial charge on any atom is 0.266 e. The van der Waals surface area contributed by atoms with Crippen LogP contribution in [0.4, 0.5) is 5.69 Å². The highest BCUT2D eigenvalue weighted by molar-refractivity contribution is 7.99. The van der Waals surface area contributed by atoms with E-state index in [0.717, 1.165) is 22.9 Å². The van der Waals surface area contributed by atoms with Crippen LogP contribution in [0.3, 0.4) is 0 Å². The fourth-order valence-corrected chi connectivity index (χ4v) is 4.41. The molecule has 0 aliphatic heterocycles. The minimum Gasteiger partial charge on any atom is -0.366 e. The number of aromatic nitrogens is 2. The number of carbonyl (C=O) groups excluding carboxylic acids is 2. The number of para-hydroxylation sites is 2. The summed E-state index contributed by atoms with van der Waals surface area (Å²) >= 11 is 1.15. The molecule has 4 aromatic rings. The number of fused-ring (bicyclic) bond motifs is 1. The molecule has 7 nitrogen and oxygen atoms in total. The van der Waals surface area contributed by atoms with E-state index in [4.69, 9.17) is 5.73 Å². The Kier molecular flexibility index (Phi) is 6.28. The van der Waals surface area contributed by atoms with E-state index >= 15 is 0 Å². The van der Waals surface area contributed by atoms with Gasteiger partial charge in [0.15, 0.2) is 5.16 Å². The highest BCUT2D eigenvalue weighted by Gasteiger charge is 2.17. The number of primary amides is 1. The molecule has 0 atom stereocenters. The molecule has 2 amide bonds. The molecule has 1 aromatic heterocycles. The smallest absolute Gasteiger partial charge is 0.266 e. The van der Waals surface area contributed by atoms with Gasteiger partial charge in [0.1, 0.15) is 0 Å². The number of aryl methyl sites for hydroxylation is 2. The maximum absolute atomic E-state index is 13.4. The molecule has 0 fully saturated rings. The van der Waals surface area contributed by atoms with Gasteiger partial charge in [0.25, 0.3) is 11.5 Å². The van der Waals surface area contributed by atoms with Crippen LogP contribution in [-0.2, 0) is 4.79 Å². The molecule has 33 heavy (non-hydrogen) atoms. The molecule has 0 saturated carbocycles. The topological polar surface area (TPSA) is 107 Å². The van der Waals surface area contributed by atoms with E-state index in [-0.39, 0.29) is 22.8 Å². The number of nitrogens with two attached hydrogens (primary N) is 1. The molecule has 166 valence electrons.